The Balaban J connectivity index is 2.98. The van der Waals surface area contributed by atoms with E-state index >= 15 is 0 Å². The second-order valence-corrected chi connectivity index (χ2v) is 3.83. The number of primary amides is 1. The third-order valence-electron chi connectivity index (χ3n) is 2.46. The normalized spacial score (nSPS) is 11.7. The van der Waals surface area contributed by atoms with Crippen molar-refractivity contribution in [2.24, 2.45) is 5.73 Å². The molecule has 1 atom stereocenters. The van der Waals surface area contributed by atoms with E-state index in [4.69, 9.17) is 15.2 Å². The SMILES string of the molecule is CCCC(Oc1cc(C=O)ccc1OC)C(N)=O. The predicted octanol–water partition coefficient (Wildman–Crippen LogP) is 1.54. The number of methoxy groups -OCH3 is 1. The first kappa shape index (κ1) is 14.0. The minimum atomic E-state index is -0.717. The summed E-state index contributed by atoms with van der Waals surface area (Å²) in [5, 5.41) is 0. The largest absolute Gasteiger partial charge is 0.493 e. The summed E-state index contributed by atoms with van der Waals surface area (Å²) in [6.45, 7) is 1.93. The molecule has 0 spiro atoms. The lowest BCUT2D eigenvalue weighted by Gasteiger charge is -2.17. The number of hydrogen-bond donors (Lipinski definition) is 1. The molecule has 0 bridgehead atoms. The smallest absolute Gasteiger partial charge is 0.258 e. The number of aldehydes is 1. The second-order valence-electron chi connectivity index (χ2n) is 3.83. The monoisotopic (exact) mass is 251 g/mol. The summed E-state index contributed by atoms with van der Waals surface area (Å²) in [6, 6.07) is 4.75. The molecule has 0 saturated carbocycles. The maximum atomic E-state index is 11.2. The molecule has 1 amide bonds. The highest BCUT2D eigenvalue weighted by Gasteiger charge is 2.18. The average Bonchev–Trinajstić information content (AvgIpc) is 2.37. The van der Waals surface area contributed by atoms with Gasteiger partial charge in [-0.3, -0.25) is 9.59 Å². The van der Waals surface area contributed by atoms with Gasteiger partial charge >= 0.3 is 0 Å². The van der Waals surface area contributed by atoms with E-state index in [0.29, 0.717) is 29.8 Å². The van der Waals surface area contributed by atoms with Gasteiger partial charge in [-0.2, -0.15) is 0 Å². The molecule has 0 aromatic heterocycles. The van der Waals surface area contributed by atoms with Crippen molar-refractivity contribution in [3.8, 4) is 11.5 Å². The topological polar surface area (TPSA) is 78.6 Å². The van der Waals surface area contributed by atoms with Crippen LogP contribution in [-0.4, -0.2) is 25.4 Å². The van der Waals surface area contributed by atoms with Gasteiger partial charge < -0.3 is 15.2 Å². The molecule has 98 valence electrons. The molecular formula is C13H17NO4. The minimum absolute atomic E-state index is 0.347. The summed E-state index contributed by atoms with van der Waals surface area (Å²) in [5.41, 5.74) is 5.71. The van der Waals surface area contributed by atoms with Crippen LogP contribution in [0.25, 0.3) is 0 Å². The van der Waals surface area contributed by atoms with E-state index in [1.165, 1.54) is 13.2 Å². The van der Waals surface area contributed by atoms with Crippen molar-refractivity contribution >= 4 is 12.2 Å². The Hall–Kier alpha value is -2.04. The average molecular weight is 251 g/mol. The number of hydrogen-bond acceptors (Lipinski definition) is 4. The Morgan fingerprint density at radius 1 is 1.44 bits per heavy atom. The van der Waals surface area contributed by atoms with E-state index in [9.17, 15) is 9.59 Å². The molecule has 18 heavy (non-hydrogen) atoms. The maximum Gasteiger partial charge on any atom is 0.258 e. The molecule has 0 saturated heterocycles. The van der Waals surface area contributed by atoms with E-state index in [-0.39, 0.29) is 0 Å². The first-order valence-corrected chi connectivity index (χ1v) is 5.71. The van der Waals surface area contributed by atoms with Gasteiger partial charge in [0.1, 0.15) is 6.29 Å². The summed E-state index contributed by atoms with van der Waals surface area (Å²) in [4.78, 5) is 22.0. The van der Waals surface area contributed by atoms with Crippen LogP contribution in [0.1, 0.15) is 30.1 Å². The Kier molecular flexibility index (Phi) is 5.17. The molecule has 0 heterocycles. The fourth-order valence-corrected chi connectivity index (χ4v) is 1.53. The van der Waals surface area contributed by atoms with Crippen LogP contribution in [0, 0.1) is 0 Å². The van der Waals surface area contributed by atoms with Gasteiger partial charge in [0.15, 0.2) is 17.6 Å². The van der Waals surface area contributed by atoms with Crippen molar-refractivity contribution in [1.29, 1.82) is 0 Å². The second kappa shape index (κ2) is 6.64. The molecule has 1 aromatic carbocycles. The maximum absolute atomic E-state index is 11.2. The zero-order valence-electron chi connectivity index (χ0n) is 10.5. The lowest BCUT2D eigenvalue weighted by atomic mass is 10.2. The Bertz CT molecular complexity index is 431. The van der Waals surface area contributed by atoms with E-state index < -0.39 is 12.0 Å². The van der Waals surface area contributed by atoms with Crippen molar-refractivity contribution in [1.82, 2.24) is 0 Å². The lowest BCUT2D eigenvalue weighted by Crippen LogP contribution is -2.33. The van der Waals surface area contributed by atoms with Crippen LogP contribution in [0.3, 0.4) is 0 Å². The molecule has 0 aliphatic rings. The van der Waals surface area contributed by atoms with Crippen molar-refractivity contribution < 1.29 is 19.1 Å². The first-order valence-electron chi connectivity index (χ1n) is 5.71. The van der Waals surface area contributed by atoms with Gasteiger partial charge in [0.05, 0.1) is 7.11 Å². The molecule has 0 aliphatic carbocycles. The van der Waals surface area contributed by atoms with Crippen LogP contribution in [0.15, 0.2) is 18.2 Å². The molecular weight excluding hydrogens is 234 g/mol. The lowest BCUT2D eigenvalue weighted by molar-refractivity contribution is -0.125. The summed E-state index contributed by atoms with van der Waals surface area (Å²) in [7, 11) is 1.49. The first-order chi connectivity index (χ1) is 8.62. The van der Waals surface area contributed by atoms with Gasteiger partial charge in [-0.05, 0) is 24.6 Å². The number of carbonyl (C=O) groups is 2. The fourth-order valence-electron chi connectivity index (χ4n) is 1.53. The third-order valence-corrected chi connectivity index (χ3v) is 2.46. The number of amides is 1. The number of ether oxygens (including phenoxy) is 2. The number of benzene rings is 1. The molecule has 2 N–H and O–H groups in total. The van der Waals surface area contributed by atoms with E-state index in [1.54, 1.807) is 12.1 Å². The van der Waals surface area contributed by atoms with Crippen LogP contribution in [0.5, 0.6) is 11.5 Å². The molecule has 0 aliphatic heterocycles. The zero-order valence-corrected chi connectivity index (χ0v) is 10.5. The van der Waals surface area contributed by atoms with Crippen molar-refractivity contribution in [2.75, 3.05) is 7.11 Å². The van der Waals surface area contributed by atoms with Crippen molar-refractivity contribution in [3.63, 3.8) is 0 Å². The summed E-state index contributed by atoms with van der Waals surface area (Å²) >= 11 is 0. The highest BCUT2D eigenvalue weighted by molar-refractivity contribution is 5.80. The van der Waals surface area contributed by atoms with E-state index in [0.717, 1.165) is 6.42 Å². The summed E-state index contributed by atoms with van der Waals surface area (Å²) in [5.74, 6) is 0.276. The van der Waals surface area contributed by atoms with Crippen LogP contribution in [0.2, 0.25) is 0 Å². The van der Waals surface area contributed by atoms with Crippen molar-refractivity contribution in [3.05, 3.63) is 23.8 Å². The van der Waals surface area contributed by atoms with E-state index in [2.05, 4.69) is 0 Å². The van der Waals surface area contributed by atoms with Gasteiger partial charge in [0.2, 0.25) is 0 Å². The Morgan fingerprint density at radius 2 is 2.17 bits per heavy atom. The van der Waals surface area contributed by atoms with Gasteiger partial charge in [0.25, 0.3) is 5.91 Å². The van der Waals surface area contributed by atoms with Gasteiger partial charge in [-0.25, -0.2) is 0 Å². The number of carbonyl (C=O) groups excluding carboxylic acids is 2. The quantitative estimate of drug-likeness (QED) is 0.745. The van der Waals surface area contributed by atoms with Crippen LogP contribution in [-0.2, 0) is 4.79 Å². The molecule has 1 rings (SSSR count). The predicted molar refractivity (Wildman–Crippen MR) is 66.9 cm³/mol. The molecule has 0 fully saturated rings. The van der Waals surface area contributed by atoms with Gasteiger partial charge in [-0.15, -0.1) is 0 Å². The third kappa shape index (κ3) is 3.48. The van der Waals surface area contributed by atoms with Crippen LogP contribution < -0.4 is 15.2 Å². The molecule has 5 nitrogen and oxygen atoms in total. The molecule has 5 heteroatoms. The number of rotatable bonds is 7. The van der Waals surface area contributed by atoms with Crippen molar-refractivity contribution in [2.45, 2.75) is 25.9 Å². The fraction of sp³-hybridized carbons (Fsp3) is 0.385. The molecule has 1 unspecified atom stereocenters. The van der Waals surface area contributed by atoms with Crippen LogP contribution in [0.4, 0.5) is 0 Å². The Morgan fingerprint density at radius 3 is 2.67 bits per heavy atom. The molecule has 0 radical (unpaired) electrons. The highest BCUT2D eigenvalue weighted by atomic mass is 16.5. The number of nitrogens with two attached hydrogens (primary N) is 1. The standard InChI is InChI=1S/C13H17NO4/c1-3-4-11(13(14)16)18-12-7-9(8-15)5-6-10(12)17-2/h5-8,11H,3-4H2,1-2H3,(H2,14,16). The van der Waals surface area contributed by atoms with Crippen LogP contribution >= 0.6 is 0 Å². The van der Waals surface area contributed by atoms with Gasteiger partial charge in [0, 0.05) is 5.56 Å². The molecule has 1 aromatic rings. The minimum Gasteiger partial charge on any atom is -0.493 e. The van der Waals surface area contributed by atoms with Gasteiger partial charge in [-0.1, -0.05) is 13.3 Å². The Labute approximate surface area is 106 Å². The summed E-state index contributed by atoms with van der Waals surface area (Å²) < 4.78 is 10.6. The highest BCUT2D eigenvalue weighted by Crippen LogP contribution is 2.29. The van der Waals surface area contributed by atoms with E-state index in [1.807, 2.05) is 6.92 Å². The summed E-state index contributed by atoms with van der Waals surface area (Å²) in [6.07, 6.45) is 1.27. The zero-order chi connectivity index (χ0) is 13.5.